The number of hydrogen-bond donors (Lipinski definition) is 1. The van der Waals surface area contributed by atoms with E-state index in [1.165, 1.54) is 29.3 Å². The lowest BCUT2D eigenvalue weighted by molar-refractivity contribution is -0.139. The zero-order valence-electron chi connectivity index (χ0n) is 17.1. The summed E-state index contributed by atoms with van der Waals surface area (Å²) in [6.45, 7) is -0.552. The maximum absolute atomic E-state index is 13.5. The number of carbonyl (C=O) groups is 2. The molecule has 0 atom stereocenters. The second-order valence-electron chi connectivity index (χ2n) is 7.34. The molecule has 2 aromatic rings. The lowest BCUT2D eigenvalue weighted by Gasteiger charge is -2.31. The smallest absolute Gasteiger partial charge is 0.419 e. The number of ether oxygens (including phenoxy) is 1. The highest BCUT2D eigenvalue weighted by Crippen LogP contribution is 2.38. The number of aromatic nitrogens is 1. The Balaban J connectivity index is 1.77. The van der Waals surface area contributed by atoms with Gasteiger partial charge in [0.2, 0.25) is 0 Å². The maximum Gasteiger partial charge on any atom is 0.419 e. The van der Waals surface area contributed by atoms with Crippen LogP contribution in [0.2, 0.25) is 0 Å². The maximum atomic E-state index is 13.5. The number of rotatable bonds is 6. The number of pyridine rings is 1. The molecule has 1 aromatic heterocycles. The molecule has 0 bridgehead atoms. The number of benzene rings is 1. The Morgan fingerprint density at radius 2 is 1.85 bits per heavy atom. The van der Waals surface area contributed by atoms with Crippen LogP contribution < -0.4 is 4.74 Å². The summed E-state index contributed by atoms with van der Waals surface area (Å²) in [5.74, 6) is -5.00. The van der Waals surface area contributed by atoms with E-state index >= 15 is 0 Å². The molecule has 1 N–H and O–H groups in total. The van der Waals surface area contributed by atoms with Gasteiger partial charge in [-0.2, -0.15) is 13.2 Å². The highest BCUT2D eigenvalue weighted by Gasteiger charge is 2.36. The first kappa shape index (κ1) is 24.1. The number of hydrogen-bond acceptors (Lipinski definition) is 4. The van der Waals surface area contributed by atoms with Gasteiger partial charge in [-0.25, -0.2) is 13.6 Å². The molecule has 1 aliphatic rings. The third-order valence-electron chi connectivity index (χ3n) is 4.97. The largest absolute Gasteiger partial charge is 0.489 e. The summed E-state index contributed by atoms with van der Waals surface area (Å²) in [4.78, 5) is 28.3. The summed E-state index contributed by atoms with van der Waals surface area (Å²) in [7, 11) is 0. The fraction of sp³-hybridized carbons (Fsp3) is 0.318. The van der Waals surface area contributed by atoms with Gasteiger partial charge in [0.25, 0.3) is 11.8 Å². The molecule has 1 aromatic carbocycles. The molecule has 1 aliphatic heterocycles. The van der Waals surface area contributed by atoms with E-state index in [1.54, 1.807) is 0 Å². The van der Waals surface area contributed by atoms with Crippen molar-refractivity contribution < 1.29 is 41.4 Å². The molecular weight excluding hydrogens is 451 g/mol. The molecule has 1 saturated heterocycles. The van der Waals surface area contributed by atoms with Crippen molar-refractivity contribution in [3.8, 4) is 17.0 Å². The molecule has 11 heteroatoms. The first-order chi connectivity index (χ1) is 15.5. The topological polar surface area (TPSA) is 79.7 Å². The fourth-order valence-electron chi connectivity index (χ4n) is 3.23. The van der Waals surface area contributed by atoms with Crippen LogP contribution in [0.5, 0.6) is 5.75 Å². The number of nitrogens with zero attached hydrogens (tertiary/aromatic N) is 2. The van der Waals surface area contributed by atoms with E-state index in [1.807, 2.05) is 0 Å². The predicted octanol–water partition coefficient (Wildman–Crippen LogP) is 4.66. The average molecular weight is 470 g/mol. The normalized spacial score (nSPS) is 16.1. The van der Waals surface area contributed by atoms with Crippen molar-refractivity contribution >= 4 is 11.9 Å². The Morgan fingerprint density at radius 3 is 2.42 bits per heavy atom. The van der Waals surface area contributed by atoms with Gasteiger partial charge in [0.05, 0.1) is 16.8 Å². The van der Waals surface area contributed by atoms with Gasteiger partial charge in [0, 0.05) is 43.8 Å². The number of carbonyl (C=O) groups excluding carboxylic acids is 1. The molecule has 0 spiro atoms. The molecule has 3 rings (SSSR count). The number of likely N-dealkylation sites (tertiary alicyclic amines) is 1. The molecule has 0 aliphatic carbocycles. The standard InChI is InChI=1S/C22H19F5N2O4/c23-21(24)7-9-29(10-8-21)20(32)15-3-5-17(28-13-15)14-4-6-18(16(12-14)22(25,26)27)33-11-1-2-19(30)31/h1-6,12-13H,7-11H2,(H,30,31)/b2-1-. The number of aliphatic carboxylic acids is 1. The molecule has 0 radical (unpaired) electrons. The fourth-order valence-corrected chi connectivity index (χ4v) is 3.23. The summed E-state index contributed by atoms with van der Waals surface area (Å²) in [6.07, 6.45) is -2.58. The monoisotopic (exact) mass is 470 g/mol. The number of halogens is 5. The zero-order chi connectivity index (χ0) is 24.2. The van der Waals surface area contributed by atoms with Crippen molar-refractivity contribution in [3.05, 3.63) is 59.8 Å². The van der Waals surface area contributed by atoms with Crippen LogP contribution >= 0.6 is 0 Å². The van der Waals surface area contributed by atoms with Gasteiger partial charge in [0.1, 0.15) is 12.4 Å². The second kappa shape index (κ2) is 9.55. The Hall–Kier alpha value is -3.50. The van der Waals surface area contributed by atoms with E-state index in [0.29, 0.717) is 0 Å². The van der Waals surface area contributed by atoms with E-state index in [4.69, 9.17) is 9.84 Å². The van der Waals surface area contributed by atoms with Gasteiger partial charge in [-0.15, -0.1) is 0 Å². The van der Waals surface area contributed by atoms with Gasteiger partial charge < -0.3 is 14.7 Å². The number of carboxylic acid groups (broad SMARTS) is 1. The van der Waals surface area contributed by atoms with Gasteiger partial charge in [-0.1, -0.05) is 0 Å². The Morgan fingerprint density at radius 1 is 1.15 bits per heavy atom. The van der Waals surface area contributed by atoms with Crippen LogP contribution in [0.3, 0.4) is 0 Å². The third kappa shape index (κ3) is 6.27. The van der Waals surface area contributed by atoms with Crippen LogP contribution in [-0.4, -0.2) is 52.5 Å². The lowest BCUT2D eigenvalue weighted by atomic mass is 10.0. The third-order valence-corrected chi connectivity index (χ3v) is 4.97. The van der Waals surface area contributed by atoms with E-state index in [-0.39, 0.29) is 36.5 Å². The van der Waals surface area contributed by atoms with E-state index in [2.05, 4.69) is 4.98 Å². The van der Waals surface area contributed by atoms with E-state index in [0.717, 1.165) is 24.3 Å². The van der Waals surface area contributed by atoms with Crippen LogP contribution in [0.25, 0.3) is 11.3 Å². The SMILES string of the molecule is O=C(O)/C=C\COc1ccc(-c2ccc(C(=O)N3CCC(F)(F)CC3)cn2)cc1C(F)(F)F. The van der Waals surface area contributed by atoms with Crippen LogP contribution in [0.15, 0.2) is 48.7 Å². The Labute approximate surface area is 185 Å². The van der Waals surface area contributed by atoms with Crippen molar-refractivity contribution in [3.63, 3.8) is 0 Å². The highest BCUT2D eigenvalue weighted by atomic mass is 19.4. The van der Waals surface area contributed by atoms with Crippen LogP contribution in [0.4, 0.5) is 22.0 Å². The van der Waals surface area contributed by atoms with Crippen LogP contribution in [0.1, 0.15) is 28.8 Å². The Kier molecular flexibility index (Phi) is 6.99. The minimum absolute atomic E-state index is 0.0916. The molecule has 0 saturated carbocycles. The quantitative estimate of drug-likeness (QED) is 0.491. The van der Waals surface area contributed by atoms with Gasteiger partial charge in [0.15, 0.2) is 0 Å². The average Bonchev–Trinajstić information content (AvgIpc) is 2.75. The highest BCUT2D eigenvalue weighted by molar-refractivity contribution is 5.94. The molecule has 1 amide bonds. The van der Waals surface area contributed by atoms with Crippen molar-refractivity contribution in [2.75, 3.05) is 19.7 Å². The predicted molar refractivity (Wildman–Crippen MR) is 107 cm³/mol. The molecule has 2 heterocycles. The molecule has 0 unspecified atom stereocenters. The van der Waals surface area contributed by atoms with Gasteiger partial charge in [-0.05, 0) is 36.4 Å². The molecule has 33 heavy (non-hydrogen) atoms. The Bertz CT molecular complexity index is 1040. The summed E-state index contributed by atoms with van der Waals surface area (Å²) in [6, 6.07) is 6.04. The first-order valence-corrected chi connectivity index (χ1v) is 9.83. The zero-order valence-corrected chi connectivity index (χ0v) is 17.1. The van der Waals surface area contributed by atoms with Gasteiger partial charge in [-0.3, -0.25) is 9.78 Å². The van der Waals surface area contributed by atoms with Crippen molar-refractivity contribution in [2.45, 2.75) is 24.9 Å². The number of carboxylic acids is 1. The number of amides is 1. The molecule has 176 valence electrons. The summed E-state index contributed by atoms with van der Waals surface area (Å²) in [5.41, 5.74) is -0.642. The minimum atomic E-state index is -4.74. The van der Waals surface area contributed by atoms with Gasteiger partial charge >= 0.3 is 12.1 Å². The number of alkyl halides is 5. The summed E-state index contributed by atoms with van der Waals surface area (Å²) >= 11 is 0. The lowest BCUT2D eigenvalue weighted by Crippen LogP contribution is -2.42. The van der Waals surface area contributed by atoms with E-state index in [9.17, 15) is 31.5 Å². The molecule has 1 fully saturated rings. The van der Waals surface area contributed by atoms with Crippen molar-refractivity contribution in [1.82, 2.24) is 9.88 Å². The molecular formula is C22H19F5N2O4. The number of piperidine rings is 1. The first-order valence-electron chi connectivity index (χ1n) is 9.83. The minimum Gasteiger partial charge on any atom is -0.489 e. The van der Waals surface area contributed by atoms with Crippen molar-refractivity contribution in [2.24, 2.45) is 0 Å². The van der Waals surface area contributed by atoms with Crippen LogP contribution in [0, 0.1) is 0 Å². The summed E-state index contributed by atoms with van der Waals surface area (Å²) < 4.78 is 72.1. The molecule has 6 nitrogen and oxygen atoms in total. The second-order valence-corrected chi connectivity index (χ2v) is 7.34. The van der Waals surface area contributed by atoms with Crippen molar-refractivity contribution in [1.29, 1.82) is 0 Å². The summed E-state index contributed by atoms with van der Waals surface area (Å²) in [5, 5.41) is 8.52. The van der Waals surface area contributed by atoms with E-state index < -0.39 is 48.1 Å². The van der Waals surface area contributed by atoms with Crippen LogP contribution in [-0.2, 0) is 11.0 Å².